The fraction of sp³-hybridized carbons (Fsp3) is 0.238. The van der Waals surface area contributed by atoms with Crippen LogP contribution in [-0.4, -0.2) is 35.9 Å². The molecule has 4 aromatic rings. The van der Waals surface area contributed by atoms with E-state index in [-0.39, 0.29) is 17.4 Å². The summed E-state index contributed by atoms with van der Waals surface area (Å²) in [6, 6.07) is 7.99. The second kappa shape index (κ2) is 7.79. The molecule has 0 aliphatic rings. The van der Waals surface area contributed by atoms with Gasteiger partial charge < -0.3 is 4.57 Å². The predicted octanol–water partition coefficient (Wildman–Crippen LogP) is 4.37. The molecule has 0 bridgehead atoms. The van der Waals surface area contributed by atoms with Gasteiger partial charge in [0, 0.05) is 23.5 Å². The zero-order chi connectivity index (χ0) is 20.5. The molecule has 0 N–H and O–H groups in total. The maximum Gasteiger partial charge on any atom is 0.174 e. The fourth-order valence-electron chi connectivity index (χ4n) is 3.49. The van der Waals surface area contributed by atoms with E-state index < -0.39 is 0 Å². The molecule has 8 heteroatoms. The Kier molecular flexibility index (Phi) is 5.19. The molecule has 0 aliphatic carbocycles. The lowest BCUT2D eigenvalue weighted by Crippen LogP contribution is -2.06. The highest BCUT2D eigenvalue weighted by molar-refractivity contribution is 8.00. The van der Waals surface area contributed by atoms with Gasteiger partial charge in [-0.3, -0.25) is 4.79 Å². The molecule has 0 saturated heterocycles. The standard InChI is InChI=1S/C21H20FN5OS/c1-4-26-13(2)9-17(14(26)3)19(28)11-29-21-18-10-25-27(20(18)23-12-24-21)16-7-5-15(22)6-8-16/h5-10,12H,4,11H2,1-3H3. The summed E-state index contributed by atoms with van der Waals surface area (Å²) in [7, 11) is 0. The Balaban J connectivity index is 1.59. The van der Waals surface area contributed by atoms with E-state index >= 15 is 0 Å². The van der Waals surface area contributed by atoms with Crippen molar-refractivity contribution >= 4 is 28.6 Å². The molecule has 4 rings (SSSR count). The fourth-order valence-corrected chi connectivity index (χ4v) is 4.34. The minimum Gasteiger partial charge on any atom is -0.349 e. The Labute approximate surface area is 171 Å². The van der Waals surface area contributed by atoms with E-state index in [0.29, 0.717) is 16.4 Å². The first-order valence-corrected chi connectivity index (χ1v) is 10.3. The van der Waals surface area contributed by atoms with Crippen molar-refractivity contribution in [3.05, 3.63) is 65.6 Å². The van der Waals surface area contributed by atoms with Crippen LogP contribution in [0.4, 0.5) is 4.39 Å². The van der Waals surface area contributed by atoms with Crippen LogP contribution < -0.4 is 0 Å². The maximum absolute atomic E-state index is 13.2. The molecule has 0 radical (unpaired) electrons. The van der Waals surface area contributed by atoms with Crippen molar-refractivity contribution < 1.29 is 9.18 Å². The zero-order valence-electron chi connectivity index (χ0n) is 16.4. The number of aryl methyl sites for hydroxylation is 1. The van der Waals surface area contributed by atoms with Gasteiger partial charge in [-0.15, -0.1) is 0 Å². The van der Waals surface area contributed by atoms with Gasteiger partial charge in [0.25, 0.3) is 0 Å². The maximum atomic E-state index is 13.2. The summed E-state index contributed by atoms with van der Waals surface area (Å²) >= 11 is 1.37. The summed E-state index contributed by atoms with van der Waals surface area (Å²) < 4.78 is 17.0. The van der Waals surface area contributed by atoms with Crippen molar-refractivity contribution in [2.45, 2.75) is 32.3 Å². The number of ketones is 1. The molecule has 0 unspecified atom stereocenters. The average molecular weight is 409 g/mol. The first kappa shape index (κ1) is 19.3. The van der Waals surface area contributed by atoms with Crippen LogP contribution in [0.5, 0.6) is 0 Å². The van der Waals surface area contributed by atoms with Gasteiger partial charge in [-0.25, -0.2) is 19.0 Å². The Morgan fingerprint density at radius 1 is 1.17 bits per heavy atom. The lowest BCUT2D eigenvalue weighted by Gasteiger charge is -2.06. The van der Waals surface area contributed by atoms with Crippen molar-refractivity contribution in [1.82, 2.24) is 24.3 Å². The van der Waals surface area contributed by atoms with Crippen LogP contribution in [0.1, 0.15) is 28.7 Å². The number of hydrogen-bond acceptors (Lipinski definition) is 5. The Bertz CT molecular complexity index is 1200. The van der Waals surface area contributed by atoms with E-state index in [2.05, 4.69) is 26.6 Å². The quantitative estimate of drug-likeness (QED) is 0.269. The minimum atomic E-state index is -0.308. The van der Waals surface area contributed by atoms with Crippen molar-refractivity contribution in [2.24, 2.45) is 0 Å². The Hall–Kier alpha value is -3.00. The van der Waals surface area contributed by atoms with E-state index in [4.69, 9.17) is 0 Å². The van der Waals surface area contributed by atoms with E-state index in [9.17, 15) is 9.18 Å². The molecule has 3 heterocycles. The molecule has 0 saturated carbocycles. The number of carbonyl (C=O) groups excluding carboxylic acids is 1. The van der Waals surface area contributed by atoms with E-state index in [1.54, 1.807) is 23.0 Å². The lowest BCUT2D eigenvalue weighted by molar-refractivity contribution is 0.102. The summed E-state index contributed by atoms with van der Waals surface area (Å²) in [5.74, 6) is 0.0412. The van der Waals surface area contributed by atoms with Gasteiger partial charge in [-0.1, -0.05) is 11.8 Å². The molecule has 6 nitrogen and oxygen atoms in total. The first-order valence-electron chi connectivity index (χ1n) is 9.27. The van der Waals surface area contributed by atoms with E-state index in [0.717, 1.165) is 28.9 Å². The number of nitrogens with zero attached hydrogens (tertiary/aromatic N) is 5. The number of halogens is 1. The normalized spacial score (nSPS) is 11.3. The number of thioether (sulfide) groups is 1. The molecule has 3 aromatic heterocycles. The van der Waals surface area contributed by atoms with Crippen LogP contribution in [0.2, 0.25) is 0 Å². The van der Waals surface area contributed by atoms with Crippen LogP contribution in [-0.2, 0) is 6.54 Å². The molecule has 0 aliphatic heterocycles. The molecular weight excluding hydrogens is 389 g/mol. The predicted molar refractivity (Wildman–Crippen MR) is 111 cm³/mol. The molecule has 0 atom stereocenters. The highest BCUT2D eigenvalue weighted by atomic mass is 32.2. The van der Waals surface area contributed by atoms with Crippen LogP contribution in [0.25, 0.3) is 16.7 Å². The third kappa shape index (κ3) is 3.55. The lowest BCUT2D eigenvalue weighted by atomic mass is 10.2. The molecular formula is C21H20FN5OS. The number of fused-ring (bicyclic) bond motifs is 1. The third-order valence-electron chi connectivity index (χ3n) is 4.93. The average Bonchev–Trinajstić information content (AvgIpc) is 3.27. The van der Waals surface area contributed by atoms with Gasteiger partial charge in [-0.2, -0.15) is 5.10 Å². The largest absolute Gasteiger partial charge is 0.349 e. The number of rotatable bonds is 6. The summed E-state index contributed by atoms with van der Waals surface area (Å²) in [5, 5.41) is 5.82. The topological polar surface area (TPSA) is 65.6 Å². The second-order valence-corrected chi connectivity index (χ2v) is 7.65. The zero-order valence-corrected chi connectivity index (χ0v) is 17.2. The molecule has 0 amide bonds. The van der Waals surface area contributed by atoms with Gasteiger partial charge in [0.2, 0.25) is 0 Å². The van der Waals surface area contributed by atoms with E-state index in [1.807, 2.05) is 19.9 Å². The third-order valence-corrected chi connectivity index (χ3v) is 5.94. The number of benzene rings is 1. The Morgan fingerprint density at radius 3 is 2.62 bits per heavy atom. The van der Waals surface area contributed by atoms with Crippen molar-refractivity contribution in [1.29, 1.82) is 0 Å². The molecule has 0 fully saturated rings. The van der Waals surface area contributed by atoms with Crippen molar-refractivity contribution in [3.63, 3.8) is 0 Å². The molecule has 0 spiro atoms. The van der Waals surface area contributed by atoms with Crippen LogP contribution >= 0.6 is 11.8 Å². The summed E-state index contributed by atoms with van der Waals surface area (Å²) in [6.45, 7) is 6.90. The number of carbonyl (C=O) groups is 1. The molecule has 29 heavy (non-hydrogen) atoms. The molecule has 148 valence electrons. The van der Waals surface area contributed by atoms with Gasteiger partial charge in [0.05, 0.1) is 23.0 Å². The van der Waals surface area contributed by atoms with Crippen molar-refractivity contribution in [2.75, 3.05) is 5.75 Å². The van der Waals surface area contributed by atoms with Gasteiger partial charge in [0.15, 0.2) is 11.4 Å². The highest BCUT2D eigenvalue weighted by Crippen LogP contribution is 2.27. The monoisotopic (exact) mass is 409 g/mol. The van der Waals surface area contributed by atoms with Crippen molar-refractivity contribution in [3.8, 4) is 5.69 Å². The van der Waals surface area contributed by atoms with E-state index in [1.165, 1.54) is 30.2 Å². The molecule has 1 aromatic carbocycles. The van der Waals surface area contributed by atoms with Gasteiger partial charge in [0.1, 0.15) is 17.2 Å². The number of hydrogen-bond donors (Lipinski definition) is 0. The highest BCUT2D eigenvalue weighted by Gasteiger charge is 2.17. The number of aromatic nitrogens is 5. The van der Waals surface area contributed by atoms with Crippen LogP contribution in [0.3, 0.4) is 0 Å². The van der Waals surface area contributed by atoms with Crippen LogP contribution in [0, 0.1) is 19.7 Å². The van der Waals surface area contributed by atoms with Gasteiger partial charge in [-0.05, 0) is 51.1 Å². The smallest absolute Gasteiger partial charge is 0.174 e. The summed E-state index contributed by atoms with van der Waals surface area (Å²) in [4.78, 5) is 21.4. The van der Waals surface area contributed by atoms with Crippen LogP contribution in [0.15, 0.2) is 47.9 Å². The minimum absolute atomic E-state index is 0.0699. The Morgan fingerprint density at radius 2 is 1.93 bits per heavy atom. The SMILES string of the molecule is CCn1c(C)cc(C(=O)CSc2ncnc3c2cnn3-c2ccc(F)cc2)c1C. The second-order valence-electron chi connectivity index (χ2n) is 6.69. The first-order chi connectivity index (χ1) is 14.0. The summed E-state index contributed by atoms with van der Waals surface area (Å²) in [6.07, 6.45) is 3.13. The summed E-state index contributed by atoms with van der Waals surface area (Å²) in [5.41, 5.74) is 4.16. The van der Waals surface area contributed by atoms with Gasteiger partial charge >= 0.3 is 0 Å². The number of Topliss-reactive ketones (excluding diaryl/α,β-unsaturated/α-hetero) is 1.